The third-order valence-corrected chi connectivity index (χ3v) is 3.70. The number of carbonyl (C=O) groups is 3. The largest absolute Gasteiger partial charge is 0.496 e. The summed E-state index contributed by atoms with van der Waals surface area (Å²) in [5.74, 6) is -0.522. The van der Waals surface area contributed by atoms with Crippen LogP contribution in [-0.4, -0.2) is 29.7 Å². The van der Waals surface area contributed by atoms with Crippen LogP contribution >= 0.6 is 15.9 Å². The van der Waals surface area contributed by atoms with Gasteiger partial charge >= 0.3 is 0 Å². The summed E-state index contributed by atoms with van der Waals surface area (Å²) in [7, 11) is 1.48. The number of aromatic amines is 1. The Morgan fingerprint density at radius 2 is 1.96 bits per heavy atom. The van der Waals surface area contributed by atoms with Crippen LogP contribution in [0, 0.1) is 0 Å². The van der Waals surface area contributed by atoms with Crippen LogP contribution in [0.5, 0.6) is 5.75 Å². The molecule has 2 rings (SSSR count). The van der Waals surface area contributed by atoms with Crippen molar-refractivity contribution in [3.63, 3.8) is 0 Å². The topological polar surface area (TPSA) is 100 Å². The van der Waals surface area contributed by atoms with Crippen LogP contribution in [0.3, 0.4) is 0 Å². The van der Waals surface area contributed by atoms with E-state index < -0.39 is 11.8 Å². The Bertz CT molecular complexity index is 785. The molecule has 0 aliphatic rings. The van der Waals surface area contributed by atoms with E-state index in [1.165, 1.54) is 14.0 Å². The monoisotopic (exact) mass is 393 g/mol. The highest BCUT2D eigenvalue weighted by molar-refractivity contribution is 9.10. The van der Waals surface area contributed by atoms with Crippen molar-refractivity contribution < 1.29 is 19.1 Å². The molecule has 24 heavy (non-hydrogen) atoms. The fourth-order valence-corrected chi connectivity index (χ4v) is 2.39. The van der Waals surface area contributed by atoms with Crippen molar-refractivity contribution in [2.24, 2.45) is 0 Å². The van der Waals surface area contributed by atoms with Gasteiger partial charge < -0.3 is 9.72 Å². The summed E-state index contributed by atoms with van der Waals surface area (Å²) in [5.41, 5.74) is 5.98. The zero-order valence-corrected chi connectivity index (χ0v) is 14.7. The number of halogens is 1. The molecular formula is C16H16BrN3O4. The first kappa shape index (κ1) is 17.7. The van der Waals surface area contributed by atoms with Crippen molar-refractivity contribution in [2.45, 2.75) is 13.3 Å². The number of carbonyl (C=O) groups excluding carboxylic acids is 3. The number of hydrogen-bond donors (Lipinski definition) is 3. The molecule has 0 spiro atoms. The van der Waals surface area contributed by atoms with Gasteiger partial charge in [0.1, 0.15) is 11.4 Å². The van der Waals surface area contributed by atoms with Gasteiger partial charge in [-0.3, -0.25) is 25.2 Å². The van der Waals surface area contributed by atoms with E-state index in [2.05, 4.69) is 31.8 Å². The van der Waals surface area contributed by atoms with Gasteiger partial charge in [0.05, 0.1) is 13.5 Å². The highest BCUT2D eigenvalue weighted by atomic mass is 79.9. The number of benzene rings is 1. The molecule has 2 amide bonds. The summed E-state index contributed by atoms with van der Waals surface area (Å²) in [6.07, 6.45) is 1.56. The van der Waals surface area contributed by atoms with Crippen molar-refractivity contribution >= 4 is 33.5 Å². The Hall–Kier alpha value is -2.61. The SMILES string of the molecule is COc1ccc(C(C)=O)cc1CC(=O)NNC(=O)c1cc(Br)c[nH]1. The minimum Gasteiger partial charge on any atom is -0.496 e. The van der Waals surface area contributed by atoms with Crippen LogP contribution in [0.25, 0.3) is 0 Å². The van der Waals surface area contributed by atoms with Gasteiger partial charge in [-0.2, -0.15) is 0 Å². The third-order valence-electron chi connectivity index (χ3n) is 3.25. The second-order valence-corrected chi connectivity index (χ2v) is 5.91. The molecule has 1 aromatic carbocycles. The third kappa shape index (κ3) is 4.45. The Kier molecular flexibility index (Phi) is 5.75. The maximum atomic E-state index is 12.0. The van der Waals surface area contributed by atoms with Crippen LogP contribution in [0.4, 0.5) is 0 Å². The number of methoxy groups -OCH3 is 1. The standard InChI is InChI=1S/C16H16BrN3O4/c1-9(21)10-3-4-14(24-2)11(5-10)6-15(22)19-20-16(23)13-7-12(17)8-18-13/h3-5,7-8,18H,6H2,1-2H3,(H,19,22)(H,20,23). The normalized spacial score (nSPS) is 10.1. The first-order valence-corrected chi connectivity index (χ1v) is 7.81. The minimum absolute atomic E-state index is 0.0427. The number of aromatic nitrogens is 1. The smallest absolute Gasteiger partial charge is 0.286 e. The molecular weight excluding hydrogens is 378 g/mol. The highest BCUT2D eigenvalue weighted by Crippen LogP contribution is 2.20. The van der Waals surface area contributed by atoms with Gasteiger partial charge in [0, 0.05) is 21.8 Å². The van der Waals surface area contributed by atoms with Gasteiger partial charge in [0.25, 0.3) is 5.91 Å². The van der Waals surface area contributed by atoms with E-state index in [4.69, 9.17) is 4.74 Å². The molecule has 2 aromatic rings. The predicted octanol–water partition coefficient (Wildman–Crippen LogP) is 1.99. The molecule has 7 nitrogen and oxygen atoms in total. The lowest BCUT2D eigenvalue weighted by molar-refractivity contribution is -0.121. The van der Waals surface area contributed by atoms with Crippen LogP contribution < -0.4 is 15.6 Å². The van der Waals surface area contributed by atoms with E-state index in [9.17, 15) is 14.4 Å². The summed E-state index contributed by atoms with van der Waals surface area (Å²) < 4.78 is 5.92. The molecule has 126 valence electrons. The lowest BCUT2D eigenvalue weighted by Crippen LogP contribution is -2.42. The van der Waals surface area contributed by atoms with Crippen molar-refractivity contribution in [1.29, 1.82) is 0 Å². The second kappa shape index (κ2) is 7.78. The molecule has 0 fully saturated rings. The number of ketones is 1. The quantitative estimate of drug-likeness (QED) is 0.534. The molecule has 3 N–H and O–H groups in total. The van der Waals surface area contributed by atoms with Crippen molar-refractivity contribution in [2.75, 3.05) is 7.11 Å². The molecule has 0 aliphatic heterocycles. The molecule has 0 atom stereocenters. The zero-order chi connectivity index (χ0) is 17.7. The number of ether oxygens (including phenoxy) is 1. The van der Waals surface area contributed by atoms with E-state index in [-0.39, 0.29) is 12.2 Å². The lowest BCUT2D eigenvalue weighted by Gasteiger charge is -2.11. The van der Waals surface area contributed by atoms with Crippen molar-refractivity contribution in [3.8, 4) is 5.75 Å². The van der Waals surface area contributed by atoms with Crippen molar-refractivity contribution in [1.82, 2.24) is 15.8 Å². The molecule has 0 saturated heterocycles. The van der Waals surface area contributed by atoms with E-state index in [1.54, 1.807) is 30.5 Å². The highest BCUT2D eigenvalue weighted by Gasteiger charge is 2.13. The number of hydrogen-bond acceptors (Lipinski definition) is 4. The molecule has 0 saturated carbocycles. The average Bonchev–Trinajstić information content (AvgIpc) is 2.99. The Morgan fingerprint density at radius 3 is 2.54 bits per heavy atom. The van der Waals surface area contributed by atoms with Gasteiger partial charge in [-0.25, -0.2) is 0 Å². The number of hydrazine groups is 1. The van der Waals surface area contributed by atoms with Crippen LogP contribution in [0.1, 0.15) is 33.3 Å². The van der Waals surface area contributed by atoms with Gasteiger partial charge in [-0.05, 0) is 47.1 Å². The molecule has 0 bridgehead atoms. The molecule has 0 radical (unpaired) electrons. The Morgan fingerprint density at radius 1 is 1.21 bits per heavy atom. The first-order valence-electron chi connectivity index (χ1n) is 7.01. The second-order valence-electron chi connectivity index (χ2n) is 4.99. The summed E-state index contributed by atoms with van der Waals surface area (Å²) in [5, 5.41) is 0. The van der Waals surface area contributed by atoms with Crippen LogP contribution in [-0.2, 0) is 11.2 Å². The van der Waals surface area contributed by atoms with Gasteiger partial charge in [0.2, 0.25) is 5.91 Å². The maximum absolute atomic E-state index is 12.0. The summed E-state index contributed by atoms with van der Waals surface area (Å²) in [4.78, 5) is 38.1. The average molecular weight is 394 g/mol. The predicted molar refractivity (Wildman–Crippen MR) is 90.8 cm³/mol. The molecule has 0 aliphatic carbocycles. The lowest BCUT2D eigenvalue weighted by atomic mass is 10.0. The summed E-state index contributed by atoms with van der Waals surface area (Å²) in [6.45, 7) is 1.44. The van der Waals surface area contributed by atoms with E-state index in [0.29, 0.717) is 22.6 Å². The fourth-order valence-electron chi connectivity index (χ4n) is 2.05. The molecule has 0 unspecified atom stereocenters. The minimum atomic E-state index is -0.474. The van der Waals surface area contributed by atoms with E-state index in [0.717, 1.165) is 4.47 Å². The van der Waals surface area contributed by atoms with Gasteiger partial charge in [-0.1, -0.05) is 0 Å². The number of nitrogens with one attached hydrogen (secondary N) is 3. The number of Topliss-reactive ketones (excluding diaryl/α,β-unsaturated/α-hetero) is 1. The summed E-state index contributed by atoms with van der Waals surface area (Å²) >= 11 is 3.22. The maximum Gasteiger partial charge on any atom is 0.286 e. The first-order chi connectivity index (χ1) is 11.4. The fraction of sp³-hybridized carbons (Fsp3) is 0.188. The van der Waals surface area contributed by atoms with Crippen LogP contribution in [0.15, 0.2) is 34.9 Å². The summed E-state index contributed by atoms with van der Waals surface area (Å²) in [6, 6.07) is 6.45. The van der Waals surface area contributed by atoms with E-state index >= 15 is 0 Å². The number of amides is 2. The van der Waals surface area contributed by atoms with Crippen molar-refractivity contribution in [3.05, 3.63) is 51.8 Å². The number of rotatable bonds is 5. The number of H-pyrrole nitrogens is 1. The zero-order valence-electron chi connectivity index (χ0n) is 13.1. The Labute approximate surface area is 146 Å². The van der Waals surface area contributed by atoms with Crippen LogP contribution in [0.2, 0.25) is 0 Å². The van der Waals surface area contributed by atoms with E-state index in [1.807, 2.05) is 0 Å². The molecule has 1 heterocycles. The molecule has 1 aromatic heterocycles. The Balaban J connectivity index is 2.00. The van der Waals surface area contributed by atoms with Gasteiger partial charge in [-0.15, -0.1) is 0 Å². The molecule has 8 heteroatoms. The van der Waals surface area contributed by atoms with Gasteiger partial charge in [0.15, 0.2) is 5.78 Å².